The summed E-state index contributed by atoms with van der Waals surface area (Å²) >= 11 is 11.0. The van der Waals surface area contributed by atoms with Crippen molar-refractivity contribution in [2.45, 2.75) is 38.2 Å². The molecule has 0 aliphatic heterocycles. The summed E-state index contributed by atoms with van der Waals surface area (Å²) in [5.41, 5.74) is 1.27. The average Bonchev–Trinajstić information content (AvgIpc) is 2.06. The van der Waals surface area contributed by atoms with Gasteiger partial charge in [-0.2, -0.15) is 0 Å². The lowest BCUT2D eigenvalue weighted by Gasteiger charge is -2.21. The maximum atomic E-state index is 5.61. The number of hydrogen-bond acceptors (Lipinski definition) is 1. The number of rotatable bonds is 2. The molecule has 0 amide bonds. The van der Waals surface area contributed by atoms with Crippen LogP contribution in [-0.4, -0.2) is 6.10 Å². The topological polar surface area (TPSA) is 9.23 Å². The first kappa shape index (κ1) is 9.21. The molecule has 1 nitrogen and oxygen atoms in total. The highest BCUT2D eigenvalue weighted by atomic mass is 35.5. The van der Waals surface area contributed by atoms with Gasteiger partial charge in [0, 0.05) is 0 Å². The summed E-state index contributed by atoms with van der Waals surface area (Å²) in [6.45, 7) is 0. The Balaban J connectivity index is 2.24. The second-order valence-corrected chi connectivity index (χ2v) is 3.38. The molecule has 0 heterocycles. The molecule has 11 heavy (non-hydrogen) atoms. The Hall–Kier alpha value is 0.120. The molecule has 1 rings (SSSR count). The van der Waals surface area contributed by atoms with E-state index in [0.29, 0.717) is 11.3 Å². The van der Waals surface area contributed by atoms with Gasteiger partial charge in [0.25, 0.3) is 0 Å². The maximum Gasteiger partial charge on any atom is 0.198 e. The Morgan fingerprint density at radius 2 is 1.91 bits per heavy atom. The Labute approximate surface area is 77.3 Å². The van der Waals surface area contributed by atoms with E-state index in [9.17, 15) is 0 Å². The largest absolute Gasteiger partial charge is 0.479 e. The third-order valence-electron chi connectivity index (χ3n) is 1.92. The first-order valence-corrected chi connectivity index (χ1v) is 4.77. The van der Waals surface area contributed by atoms with Gasteiger partial charge >= 0.3 is 0 Å². The predicted molar refractivity (Wildman–Crippen MR) is 47.7 cm³/mol. The van der Waals surface area contributed by atoms with Gasteiger partial charge in [-0.25, -0.2) is 0 Å². The van der Waals surface area contributed by atoms with E-state index in [0.717, 1.165) is 12.8 Å². The van der Waals surface area contributed by atoms with Crippen molar-refractivity contribution in [3.63, 3.8) is 0 Å². The van der Waals surface area contributed by atoms with Crippen molar-refractivity contribution < 1.29 is 4.74 Å². The van der Waals surface area contributed by atoms with Gasteiger partial charge < -0.3 is 4.74 Å². The smallest absolute Gasteiger partial charge is 0.198 e. The van der Waals surface area contributed by atoms with Crippen molar-refractivity contribution >= 4 is 23.2 Å². The first-order chi connectivity index (χ1) is 5.33. The van der Waals surface area contributed by atoms with Gasteiger partial charge in [0.1, 0.15) is 0 Å². The van der Waals surface area contributed by atoms with E-state index in [1.54, 1.807) is 0 Å². The molecule has 0 aromatic rings. The van der Waals surface area contributed by atoms with Crippen LogP contribution < -0.4 is 0 Å². The lowest BCUT2D eigenvalue weighted by atomic mass is 9.98. The maximum absolute atomic E-state index is 5.61. The molecule has 64 valence electrons. The van der Waals surface area contributed by atoms with E-state index in [1.807, 2.05) is 0 Å². The number of hydrogen-bond donors (Lipinski definition) is 0. The predicted octanol–water partition coefficient (Wildman–Crippen LogP) is 3.61. The molecular weight excluding hydrogens is 183 g/mol. The normalized spacial score (nSPS) is 21.8. The minimum Gasteiger partial charge on any atom is -0.479 e. The Bertz CT molecular complexity index is 139. The summed E-state index contributed by atoms with van der Waals surface area (Å²) in [6.07, 6.45) is 6.34. The zero-order valence-corrected chi connectivity index (χ0v) is 7.87. The number of halogens is 2. The standard InChI is InChI=1S/C8H12Cl2O/c9-6-8(10)11-7-4-2-1-3-5-7/h6-7H,1-5H2/b8-6-. The van der Waals surface area contributed by atoms with Crippen LogP contribution >= 0.6 is 23.2 Å². The lowest BCUT2D eigenvalue weighted by Crippen LogP contribution is -2.14. The van der Waals surface area contributed by atoms with Crippen molar-refractivity contribution in [1.82, 2.24) is 0 Å². The average molecular weight is 195 g/mol. The molecule has 0 atom stereocenters. The van der Waals surface area contributed by atoms with E-state index >= 15 is 0 Å². The third kappa shape index (κ3) is 3.35. The summed E-state index contributed by atoms with van der Waals surface area (Å²) < 4.78 is 5.34. The van der Waals surface area contributed by atoms with E-state index < -0.39 is 0 Å². The highest BCUT2D eigenvalue weighted by Gasteiger charge is 2.14. The van der Waals surface area contributed by atoms with Crippen molar-refractivity contribution in [2.75, 3.05) is 0 Å². The van der Waals surface area contributed by atoms with Crippen LogP contribution in [0.3, 0.4) is 0 Å². The van der Waals surface area contributed by atoms with E-state index in [1.165, 1.54) is 24.8 Å². The van der Waals surface area contributed by atoms with Crippen molar-refractivity contribution in [3.05, 3.63) is 10.8 Å². The second-order valence-electron chi connectivity index (χ2n) is 2.79. The molecule has 1 aliphatic carbocycles. The molecule has 1 saturated carbocycles. The fourth-order valence-corrected chi connectivity index (χ4v) is 1.55. The van der Waals surface area contributed by atoms with Crippen LogP contribution in [0.25, 0.3) is 0 Å². The van der Waals surface area contributed by atoms with E-state index in [-0.39, 0.29) is 0 Å². The number of ether oxygens (including phenoxy) is 1. The molecule has 0 N–H and O–H groups in total. The molecule has 3 heteroatoms. The minimum atomic E-state index is 0.297. The van der Waals surface area contributed by atoms with Crippen molar-refractivity contribution in [3.8, 4) is 0 Å². The molecular formula is C8H12Cl2O. The van der Waals surface area contributed by atoms with Crippen LogP contribution in [0.2, 0.25) is 0 Å². The molecule has 1 fully saturated rings. The molecule has 0 aromatic heterocycles. The van der Waals surface area contributed by atoms with Crippen LogP contribution in [0, 0.1) is 0 Å². The third-order valence-corrected chi connectivity index (χ3v) is 2.43. The minimum absolute atomic E-state index is 0.297. The highest BCUT2D eigenvalue weighted by molar-refractivity contribution is 6.35. The van der Waals surface area contributed by atoms with Crippen molar-refractivity contribution in [2.24, 2.45) is 0 Å². The van der Waals surface area contributed by atoms with E-state index in [2.05, 4.69) is 0 Å². The van der Waals surface area contributed by atoms with E-state index in [4.69, 9.17) is 27.9 Å². The van der Waals surface area contributed by atoms with Crippen LogP contribution in [-0.2, 0) is 4.74 Å². The fourth-order valence-electron chi connectivity index (χ4n) is 1.37. The first-order valence-electron chi connectivity index (χ1n) is 3.95. The SMILES string of the molecule is Cl/C=C(/Cl)OC1CCCCC1. The van der Waals surface area contributed by atoms with Crippen LogP contribution in [0.4, 0.5) is 0 Å². The molecule has 0 aromatic carbocycles. The molecule has 1 aliphatic rings. The molecule has 0 bridgehead atoms. The molecule has 0 saturated heterocycles. The van der Waals surface area contributed by atoms with Gasteiger partial charge in [0.2, 0.25) is 0 Å². The summed E-state index contributed by atoms with van der Waals surface area (Å²) in [5.74, 6) is 0. The van der Waals surface area contributed by atoms with Gasteiger partial charge in [-0.3, -0.25) is 0 Å². The highest BCUT2D eigenvalue weighted by Crippen LogP contribution is 2.23. The van der Waals surface area contributed by atoms with Gasteiger partial charge in [-0.15, -0.1) is 0 Å². The molecule has 0 radical (unpaired) electrons. The second kappa shape index (κ2) is 4.89. The van der Waals surface area contributed by atoms with Crippen LogP contribution in [0.1, 0.15) is 32.1 Å². The van der Waals surface area contributed by atoms with Gasteiger partial charge in [-0.05, 0) is 37.3 Å². The van der Waals surface area contributed by atoms with Gasteiger partial charge in [-0.1, -0.05) is 18.0 Å². The zero-order valence-electron chi connectivity index (χ0n) is 6.35. The molecule has 0 spiro atoms. The summed E-state index contributed by atoms with van der Waals surface area (Å²) in [5, 5.41) is 0.318. The molecule has 0 unspecified atom stereocenters. The Morgan fingerprint density at radius 1 is 1.27 bits per heavy atom. The zero-order chi connectivity index (χ0) is 8.10. The summed E-state index contributed by atoms with van der Waals surface area (Å²) in [6, 6.07) is 0. The fraction of sp³-hybridized carbons (Fsp3) is 0.750. The Kier molecular flexibility index (Phi) is 4.09. The van der Waals surface area contributed by atoms with Crippen LogP contribution in [0.15, 0.2) is 10.8 Å². The van der Waals surface area contributed by atoms with Crippen molar-refractivity contribution in [1.29, 1.82) is 0 Å². The monoisotopic (exact) mass is 194 g/mol. The van der Waals surface area contributed by atoms with Crippen LogP contribution in [0.5, 0.6) is 0 Å². The van der Waals surface area contributed by atoms with Gasteiger partial charge in [0.05, 0.1) is 11.6 Å². The summed E-state index contributed by atoms with van der Waals surface area (Å²) in [7, 11) is 0. The van der Waals surface area contributed by atoms with Gasteiger partial charge in [0.15, 0.2) is 5.22 Å². The Morgan fingerprint density at radius 3 is 2.45 bits per heavy atom. The quantitative estimate of drug-likeness (QED) is 0.611. The summed E-state index contributed by atoms with van der Waals surface area (Å²) in [4.78, 5) is 0. The lowest BCUT2D eigenvalue weighted by molar-refractivity contribution is 0.0978.